The van der Waals surface area contributed by atoms with Crippen LogP contribution >= 0.6 is 0 Å². The zero-order valence-corrected chi connectivity index (χ0v) is 18.2. The number of fused-ring (bicyclic) bond motifs is 1. The second kappa shape index (κ2) is 10.7. The van der Waals surface area contributed by atoms with E-state index in [-0.39, 0.29) is 31.0 Å². The SMILES string of the molecule is CCN(C[C@@H]1COc2ccccc2O1)C(=O)CN(C)CC(=O)Nc1cccc(OC)c1. The molecule has 0 bridgehead atoms. The van der Waals surface area contributed by atoms with E-state index in [4.69, 9.17) is 14.2 Å². The molecule has 1 atom stereocenters. The summed E-state index contributed by atoms with van der Waals surface area (Å²) >= 11 is 0. The Balaban J connectivity index is 1.47. The highest BCUT2D eigenvalue weighted by molar-refractivity contribution is 5.92. The van der Waals surface area contributed by atoms with Gasteiger partial charge in [0.05, 0.1) is 26.7 Å². The Morgan fingerprint density at radius 1 is 1.13 bits per heavy atom. The molecule has 8 nitrogen and oxygen atoms in total. The van der Waals surface area contributed by atoms with Gasteiger partial charge in [0.25, 0.3) is 0 Å². The van der Waals surface area contributed by atoms with E-state index in [0.717, 1.165) is 5.75 Å². The van der Waals surface area contributed by atoms with Gasteiger partial charge in [-0.15, -0.1) is 0 Å². The van der Waals surface area contributed by atoms with E-state index in [2.05, 4.69) is 5.32 Å². The van der Waals surface area contributed by atoms with Crippen LogP contribution in [0.4, 0.5) is 5.69 Å². The summed E-state index contributed by atoms with van der Waals surface area (Å²) in [7, 11) is 3.32. The van der Waals surface area contributed by atoms with Crippen molar-refractivity contribution in [3.63, 3.8) is 0 Å². The molecule has 2 aromatic rings. The second-order valence-electron chi connectivity index (χ2n) is 7.38. The van der Waals surface area contributed by atoms with Crippen molar-refractivity contribution in [2.24, 2.45) is 0 Å². The number of para-hydroxylation sites is 2. The van der Waals surface area contributed by atoms with Crippen molar-refractivity contribution >= 4 is 17.5 Å². The number of carbonyl (C=O) groups is 2. The van der Waals surface area contributed by atoms with Crippen LogP contribution in [0.25, 0.3) is 0 Å². The molecule has 31 heavy (non-hydrogen) atoms. The average molecular weight is 428 g/mol. The standard InChI is InChI=1S/C23H29N3O5/c1-4-26(13-19-16-30-20-10-5-6-11-21(20)31-19)23(28)15-25(2)14-22(27)24-17-8-7-9-18(12-17)29-3/h5-12,19H,4,13-16H2,1-3H3,(H,24,27)/t19-/m1/s1. The van der Waals surface area contributed by atoms with Crippen molar-refractivity contribution in [3.8, 4) is 17.2 Å². The third kappa shape index (κ3) is 6.36. The van der Waals surface area contributed by atoms with E-state index in [0.29, 0.717) is 36.9 Å². The van der Waals surface area contributed by atoms with Crippen molar-refractivity contribution in [3.05, 3.63) is 48.5 Å². The number of nitrogens with zero attached hydrogens (tertiary/aromatic N) is 2. The van der Waals surface area contributed by atoms with Crippen LogP contribution in [0.2, 0.25) is 0 Å². The fourth-order valence-electron chi connectivity index (χ4n) is 3.34. The molecule has 0 radical (unpaired) electrons. The Bertz CT molecular complexity index is 904. The molecule has 0 unspecified atom stereocenters. The Hall–Kier alpha value is -3.26. The number of anilines is 1. The van der Waals surface area contributed by atoms with Crippen LogP contribution < -0.4 is 19.5 Å². The number of nitrogens with one attached hydrogen (secondary N) is 1. The lowest BCUT2D eigenvalue weighted by molar-refractivity contribution is -0.133. The fraction of sp³-hybridized carbons (Fsp3) is 0.391. The third-order valence-corrected chi connectivity index (χ3v) is 4.90. The molecule has 1 aliphatic heterocycles. The van der Waals surface area contributed by atoms with E-state index in [1.54, 1.807) is 48.2 Å². The van der Waals surface area contributed by atoms with Crippen LogP contribution in [0.15, 0.2) is 48.5 Å². The molecule has 1 aliphatic rings. The van der Waals surface area contributed by atoms with Gasteiger partial charge in [-0.1, -0.05) is 18.2 Å². The number of amides is 2. The molecular weight excluding hydrogens is 398 g/mol. The molecule has 2 amide bonds. The molecule has 1 heterocycles. The van der Waals surface area contributed by atoms with Crippen molar-refractivity contribution in [2.45, 2.75) is 13.0 Å². The molecule has 0 aliphatic carbocycles. The smallest absolute Gasteiger partial charge is 0.238 e. The lowest BCUT2D eigenvalue weighted by atomic mass is 10.2. The molecule has 8 heteroatoms. The van der Waals surface area contributed by atoms with E-state index in [9.17, 15) is 9.59 Å². The Morgan fingerprint density at radius 2 is 1.90 bits per heavy atom. The van der Waals surface area contributed by atoms with Crippen LogP contribution in [-0.2, 0) is 9.59 Å². The van der Waals surface area contributed by atoms with E-state index in [1.165, 1.54) is 0 Å². The molecular formula is C23H29N3O5. The maximum absolute atomic E-state index is 12.8. The Labute approximate surface area is 182 Å². The molecule has 3 rings (SSSR count). The van der Waals surface area contributed by atoms with Gasteiger partial charge in [-0.05, 0) is 38.2 Å². The van der Waals surface area contributed by atoms with Gasteiger partial charge in [0.1, 0.15) is 12.4 Å². The molecule has 0 fully saturated rings. The number of likely N-dealkylation sites (N-methyl/N-ethyl adjacent to an activating group) is 2. The van der Waals surface area contributed by atoms with Crippen molar-refractivity contribution in [1.29, 1.82) is 0 Å². The predicted octanol–water partition coefficient (Wildman–Crippen LogP) is 2.25. The van der Waals surface area contributed by atoms with E-state index in [1.807, 2.05) is 31.2 Å². The number of hydrogen-bond acceptors (Lipinski definition) is 6. The van der Waals surface area contributed by atoms with E-state index >= 15 is 0 Å². The quantitative estimate of drug-likeness (QED) is 0.661. The molecule has 2 aromatic carbocycles. The van der Waals surface area contributed by atoms with Gasteiger partial charge in [-0.25, -0.2) is 0 Å². The highest BCUT2D eigenvalue weighted by atomic mass is 16.6. The van der Waals surface area contributed by atoms with Crippen LogP contribution in [0.1, 0.15) is 6.92 Å². The third-order valence-electron chi connectivity index (χ3n) is 4.90. The minimum absolute atomic E-state index is 0.0679. The number of rotatable bonds is 9. The topological polar surface area (TPSA) is 80.3 Å². The number of methoxy groups -OCH3 is 1. The summed E-state index contributed by atoms with van der Waals surface area (Å²) in [6.07, 6.45) is -0.236. The molecule has 1 N–H and O–H groups in total. The van der Waals surface area contributed by atoms with Crippen molar-refractivity contribution in [2.75, 3.05) is 52.3 Å². The summed E-state index contributed by atoms with van der Waals surface area (Å²) < 4.78 is 16.9. The van der Waals surface area contributed by atoms with Gasteiger partial charge in [-0.3, -0.25) is 14.5 Å². The van der Waals surface area contributed by atoms with Crippen LogP contribution in [0.5, 0.6) is 17.2 Å². The second-order valence-corrected chi connectivity index (χ2v) is 7.38. The maximum Gasteiger partial charge on any atom is 0.238 e. The summed E-state index contributed by atoms with van der Waals surface area (Å²) in [5.74, 6) is 1.80. The Kier molecular flexibility index (Phi) is 7.72. The van der Waals surface area contributed by atoms with Crippen molar-refractivity contribution in [1.82, 2.24) is 9.80 Å². The molecule has 0 aromatic heterocycles. The largest absolute Gasteiger partial charge is 0.497 e. The van der Waals surface area contributed by atoms with Crippen LogP contribution in [0.3, 0.4) is 0 Å². The number of carbonyl (C=O) groups excluding carboxylic acids is 2. The highest BCUT2D eigenvalue weighted by Gasteiger charge is 2.25. The summed E-state index contributed by atoms with van der Waals surface area (Å²) in [4.78, 5) is 28.5. The van der Waals surface area contributed by atoms with Gasteiger partial charge in [0, 0.05) is 18.3 Å². The van der Waals surface area contributed by atoms with Crippen LogP contribution in [0, 0.1) is 0 Å². The number of hydrogen-bond donors (Lipinski definition) is 1. The first-order chi connectivity index (χ1) is 15.0. The maximum atomic E-state index is 12.8. The lowest BCUT2D eigenvalue weighted by Gasteiger charge is -2.31. The first kappa shape index (κ1) is 22.4. The normalized spacial score (nSPS) is 14.8. The number of ether oxygens (including phenoxy) is 3. The first-order valence-electron chi connectivity index (χ1n) is 10.3. The monoisotopic (exact) mass is 427 g/mol. The van der Waals surface area contributed by atoms with Crippen molar-refractivity contribution < 1.29 is 23.8 Å². The molecule has 0 saturated carbocycles. The van der Waals surface area contributed by atoms with Crippen LogP contribution in [-0.4, -0.2) is 74.7 Å². The predicted molar refractivity (Wildman–Crippen MR) is 118 cm³/mol. The summed E-state index contributed by atoms with van der Waals surface area (Å²) in [5, 5.41) is 2.82. The Morgan fingerprint density at radius 3 is 2.65 bits per heavy atom. The summed E-state index contributed by atoms with van der Waals surface area (Å²) in [6, 6.07) is 14.6. The lowest BCUT2D eigenvalue weighted by Crippen LogP contribution is -2.47. The average Bonchev–Trinajstić information content (AvgIpc) is 2.77. The minimum atomic E-state index is -0.236. The van der Waals surface area contributed by atoms with Gasteiger partial charge >= 0.3 is 0 Å². The van der Waals surface area contributed by atoms with Gasteiger partial charge in [0.2, 0.25) is 11.8 Å². The minimum Gasteiger partial charge on any atom is -0.497 e. The van der Waals surface area contributed by atoms with Gasteiger partial charge in [-0.2, -0.15) is 0 Å². The molecule has 166 valence electrons. The highest BCUT2D eigenvalue weighted by Crippen LogP contribution is 2.31. The number of benzene rings is 2. The van der Waals surface area contributed by atoms with Gasteiger partial charge < -0.3 is 24.4 Å². The first-order valence-corrected chi connectivity index (χ1v) is 10.3. The fourth-order valence-corrected chi connectivity index (χ4v) is 3.34. The summed E-state index contributed by atoms with van der Waals surface area (Å²) in [6.45, 7) is 3.50. The van der Waals surface area contributed by atoms with Gasteiger partial charge in [0.15, 0.2) is 17.6 Å². The van der Waals surface area contributed by atoms with E-state index < -0.39 is 0 Å². The molecule has 0 spiro atoms. The zero-order valence-electron chi connectivity index (χ0n) is 18.2. The summed E-state index contributed by atoms with van der Waals surface area (Å²) in [5.41, 5.74) is 0.647. The zero-order chi connectivity index (χ0) is 22.2. The molecule has 0 saturated heterocycles.